The molecule has 21 heavy (non-hydrogen) atoms. The van der Waals surface area contributed by atoms with Crippen molar-refractivity contribution in [2.75, 3.05) is 5.32 Å². The van der Waals surface area contributed by atoms with Gasteiger partial charge >= 0.3 is 0 Å². The fourth-order valence-corrected chi connectivity index (χ4v) is 2.76. The second kappa shape index (κ2) is 5.74. The van der Waals surface area contributed by atoms with E-state index in [1.807, 2.05) is 24.3 Å². The lowest BCUT2D eigenvalue weighted by atomic mass is 10.1. The molecule has 3 aromatic rings. The lowest BCUT2D eigenvalue weighted by Crippen LogP contribution is -2.02. The van der Waals surface area contributed by atoms with Crippen LogP contribution in [-0.2, 0) is 6.54 Å². The zero-order valence-corrected chi connectivity index (χ0v) is 12.9. The van der Waals surface area contributed by atoms with Crippen LogP contribution in [0.15, 0.2) is 48.7 Å². The third kappa shape index (κ3) is 2.86. The van der Waals surface area contributed by atoms with Crippen LogP contribution in [0.4, 0.5) is 5.69 Å². The highest BCUT2D eigenvalue weighted by molar-refractivity contribution is 6.35. The lowest BCUT2D eigenvalue weighted by molar-refractivity contribution is 1.14. The van der Waals surface area contributed by atoms with Crippen molar-refractivity contribution in [3.8, 4) is 0 Å². The number of aryl methyl sites for hydroxylation is 2. The van der Waals surface area contributed by atoms with Crippen LogP contribution in [-0.4, -0.2) is 4.98 Å². The first-order valence-electron chi connectivity index (χ1n) is 6.98. The molecule has 106 valence electrons. The average molecular weight is 297 g/mol. The first-order valence-corrected chi connectivity index (χ1v) is 7.36. The molecule has 0 spiro atoms. The normalized spacial score (nSPS) is 10.8. The van der Waals surface area contributed by atoms with E-state index in [1.54, 1.807) is 6.20 Å². The number of hydrogen-bond acceptors (Lipinski definition) is 2. The molecule has 0 fully saturated rings. The van der Waals surface area contributed by atoms with E-state index in [0.29, 0.717) is 0 Å². The standard InChI is InChI=1S/C18H17ClN2/c1-12-5-8-17(13(2)10-12)21-11-14-6-7-16(19)15-4-3-9-20-18(14)15/h3-10,21H,11H2,1-2H3. The highest BCUT2D eigenvalue weighted by atomic mass is 35.5. The Hall–Kier alpha value is -2.06. The predicted octanol–water partition coefficient (Wildman–Crippen LogP) is 5.12. The highest BCUT2D eigenvalue weighted by Gasteiger charge is 2.06. The molecule has 0 unspecified atom stereocenters. The van der Waals surface area contributed by atoms with Crippen LogP contribution in [0.25, 0.3) is 10.9 Å². The first-order chi connectivity index (χ1) is 10.1. The Kier molecular flexibility index (Phi) is 3.80. The molecule has 0 saturated heterocycles. The number of nitrogens with zero attached hydrogens (tertiary/aromatic N) is 1. The predicted molar refractivity (Wildman–Crippen MR) is 90.0 cm³/mol. The summed E-state index contributed by atoms with van der Waals surface area (Å²) in [6.45, 7) is 4.95. The maximum atomic E-state index is 6.23. The number of pyridine rings is 1. The monoisotopic (exact) mass is 296 g/mol. The van der Waals surface area contributed by atoms with E-state index in [4.69, 9.17) is 11.6 Å². The topological polar surface area (TPSA) is 24.9 Å². The van der Waals surface area contributed by atoms with Gasteiger partial charge in [0.1, 0.15) is 0 Å². The van der Waals surface area contributed by atoms with E-state index in [2.05, 4.69) is 42.3 Å². The molecule has 0 bridgehead atoms. The van der Waals surface area contributed by atoms with Crippen molar-refractivity contribution in [2.24, 2.45) is 0 Å². The lowest BCUT2D eigenvalue weighted by Gasteiger charge is -2.12. The molecular formula is C18H17ClN2. The Bertz CT molecular complexity index is 796. The number of fused-ring (bicyclic) bond motifs is 1. The summed E-state index contributed by atoms with van der Waals surface area (Å²) in [5.41, 5.74) is 5.79. The fourth-order valence-electron chi connectivity index (χ4n) is 2.54. The summed E-state index contributed by atoms with van der Waals surface area (Å²) in [5.74, 6) is 0. The van der Waals surface area contributed by atoms with Crippen LogP contribution >= 0.6 is 11.6 Å². The van der Waals surface area contributed by atoms with E-state index in [9.17, 15) is 0 Å². The molecule has 0 aliphatic rings. The molecule has 2 nitrogen and oxygen atoms in total. The van der Waals surface area contributed by atoms with Gasteiger partial charge in [-0.15, -0.1) is 0 Å². The van der Waals surface area contributed by atoms with Crippen molar-refractivity contribution in [3.05, 3.63) is 70.4 Å². The maximum Gasteiger partial charge on any atom is 0.0766 e. The summed E-state index contributed by atoms with van der Waals surface area (Å²) in [5, 5.41) is 5.23. The number of anilines is 1. The largest absolute Gasteiger partial charge is 0.381 e. The third-order valence-electron chi connectivity index (χ3n) is 3.65. The second-order valence-corrected chi connectivity index (χ2v) is 5.69. The van der Waals surface area contributed by atoms with Gasteiger partial charge in [0.25, 0.3) is 0 Å². The van der Waals surface area contributed by atoms with Crippen molar-refractivity contribution in [1.29, 1.82) is 0 Å². The Morgan fingerprint density at radius 1 is 1.10 bits per heavy atom. The second-order valence-electron chi connectivity index (χ2n) is 5.28. The molecule has 0 radical (unpaired) electrons. The van der Waals surface area contributed by atoms with Crippen molar-refractivity contribution < 1.29 is 0 Å². The zero-order chi connectivity index (χ0) is 14.8. The molecule has 1 N–H and O–H groups in total. The molecule has 0 saturated carbocycles. The maximum absolute atomic E-state index is 6.23. The molecule has 3 heteroatoms. The van der Waals surface area contributed by atoms with Gasteiger partial charge in [0.05, 0.1) is 5.52 Å². The Morgan fingerprint density at radius 2 is 1.95 bits per heavy atom. The van der Waals surface area contributed by atoms with Crippen molar-refractivity contribution in [1.82, 2.24) is 4.98 Å². The quantitative estimate of drug-likeness (QED) is 0.726. The SMILES string of the molecule is Cc1ccc(NCc2ccc(Cl)c3cccnc23)c(C)c1. The number of rotatable bonds is 3. The highest BCUT2D eigenvalue weighted by Crippen LogP contribution is 2.25. The van der Waals surface area contributed by atoms with E-state index < -0.39 is 0 Å². The van der Waals surface area contributed by atoms with Crippen LogP contribution in [0.3, 0.4) is 0 Å². The molecule has 0 aliphatic carbocycles. The van der Waals surface area contributed by atoms with Gasteiger partial charge in [-0.25, -0.2) is 0 Å². The molecular weight excluding hydrogens is 280 g/mol. The van der Waals surface area contributed by atoms with Crippen LogP contribution in [0.2, 0.25) is 5.02 Å². The Labute approximate surface area is 129 Å². The number of halogens is 1. The van der Waals surface area contributed by atoms with Crippen molar-refractivity contribution >= 4 is 28.2 Å². The van der Waals surface area contributed by atoms with Gasteiger partial charge in [-0.3, -0.25) is 4.98 Å². The van der Waals surface area contributed by atoms with Crippen molar-refractivity contribution in [2.45, 2.75) is 20.4 Å². The minimum atomic E-state index is 0.731. The van der Waals surface area contributed by atoms with E-state index in [0.717, 1.165) is 33.7 Å². The number of nitrogens with one attached hydrogen (secondary N) is 1. The summed E-state index contributed by atoms with van der Waals surface area (Å²) in [6, 6.07) is 14.3. The van der Waals surface area contributed by atoms with Crippen LogP contribution in [0.5, 0.6) is 0 Å². The van der Waals surface area contributed by atoms with Crippen LogP contribution in [0, 0.1) is 13.8 Å². The minimum Gasteiger partial charge on any atom is -0.381 e. The molecule has 0 aliphatic heterocycles. The van der Waals surface area contributed by atoms with Gasteiger partial charge in [-0.1, -0.05) is 35.4 Å². The summed E-state index contributed by atoms with van der Waals surface area (Å²) in [7, 11) is 0. The smallest absolute Gasteiger partial charge is 0.0766 e. The van der Waals surface area contributed by atoms with Gasteiger partial charge in [0.15, 0.2) is 0 Å². The zero-order valence-electron chi connectivity index (χ0n) is 12.2. The van der Waals surface area contributed by atoms with Crippen LogP contribution < -0.4 is 5.32 Å². The van der Waals surface area contributed by atoms with Gasteiger partial charge in [-0.2, -0.15) is 0 Å². The van der Waals surface area contributed by atoms with Gasteiger partial charge in [-0.05, 0) is 49.2 Å². The molecule has 2 aromatic carbocycles. The average Bonchev–Trinajstić information content (AvgIpc) is 2.48. The number of benzene rings is 2. The summed E-state index contributed by atoms with van der Waals surface area (Å²) in [6.07, 6.45) is 1.80. The molecule has 1 aromatic heterocycles. The molecule has 0 amide bonds. The van der Waals surface area contributed by atoms with Gasteiger partial charge in [0, 0.05) is 28.8 Å². The summed E-state index contributed by atoms with van der Waals surface area (Å²) in [4.78, 5) is 4.47. The van der Waals surface area contributed by atoms with Crippen LogP contribution in [0.1, 0.15) is 16.7 Å². The first kappa shape index (κ1) is 13.9. The molecule has 1 heterocycles. The van der Waals surface area contributed by atoms with Crippen molar-refractivity contribution in [3.63, 3.8) is 0 Å². The number of aromatic nitrogens is 1. The Morgan fingerprint density at radius 3 is 2.76 bits per heavy atom. The van der Waals surface area contributed by atoms with Gasteiger partial charge < -0.3 is 5.32 Å². The van der Waals surface area contributed by atoms with E-state index in [1.165, 1.54) is 11.1 Å². The molecule has 3 rings (SSSR count). The summed E-state index contributed by atoms with van der Waals surface area (Å²) >= 11 is 6.23. The number of hydrogen-bond donors (Lipinski definition) is 1. The summed E-state index contributed by atoms with van der Waals surface area (Å²) < 4.78 is 0. The van der Waals surface area contributed by atoms with Gasteiger partial charge in [0.2, 0.25) is 0 Å². The fraction of sp³-hybridized carbons (Fsp3) is 0.167. The Balaban J connectivity index is 1.90. The van der Waals surface area contributed by atoms with E-state index >= 15 is 0 Å². The molecule has 0 atom stereocenters. The van der Waals surface area contributed by atoms with E-state index in [-0.39, 0.29) is 0 Å². The third-order valence-corrected chi connectivity index (χ3v) is 3.98. The minimum absolute atomic E-state index is 0.731.